The minimum Gasteiger partial charge on any atom is -0.484 e. The predicted molar refractivity (Wildman–Crippen MR) is 118 cm³/mol. The van der Waals surface area contributed by atoms with E-state index < -0.39 is 4.92 Å². The van der Waals surface area contributed by atoms with Crippen molar-refractivity contribution < 1.29 is 14.5 Å². The molecule has 0 aliphatic rings. The fraction of sp³-hybridized carbons (Fsp3) is 0.304. The molecule has 0 saturated carbocycles. The van der Waals surface area contributed by atoms with E-state index in [1.165, 1.54) is 24.3 Å². The lowest BCUT2D eigenvalue weighted by atomic mass is 10.1. The first-order chi connectivity index (χ1) is 15.0. The molecule has 2 aromatic carbocycles. The van der Waals surface area contributed by atoms with Crippen LogP contribution in [0.15, 0.2) is 60.7 Å². The molecule has 0 unspecified atom stereocenters. The van der Waals surface area contributed by atoms with Gasteiger partial charge in [-0.3, -0.25) is 20.0 Å². The molecule has 1 aromatic heterocycles. The number of ether oxygens (including phenoxy) is 1. The molecule has 8 nitrogen and oxygen atoms in total. The number of carbonyl (C=O) groups excluding carboxylic acids is 1. The summed E-state index contributed by atoms with van der Waals surface area (Å²) >= 11 is 0. The van der Waals surface area contributed by atoms with Gasteiger partial charge in [-0.05, 0) is 37.5 Å². The van der Waals surface area contributed by atoms with Crippen molar-refractivity contribution in [2.24, 2.45) is 0 Å². The molecule has 3 rings (SSSR count). The normalized spacial score (nSPS) is 10.6. The Morgan fingerprint density at radius 1 is 1.10 bits per heavy atom. The number of unbranched alkanes of at least 4 members (excludes halogenated alkanes) is 2. The zero-order valence-corrected chi connectivity index (χ0v) is 17.5. The molecular weight excluding hydrogens is 396 g/mol. The van der Waals surface area contributed by atoms with E-state index in [0.29, 0.717) is 12.3 Å². The van der Waals surface area contributed by atoms with E-state index in [9.17, 15) is 14.9 Å². The van der Waals surface area contributed by atoms with E-state index in [0.717, 1.165) is 42.6 Å². The van der Waals surface area contributed by atoms with Gasteiger partial charge in [-0.1, -0.05) is 36.8 Å². The first-order valence-corrected chi connectivity index (χ1v) is 10.2. The lowest BCUT2D eigenvalue weighted by Gasteiger charge is -2.17. The summed E-state index contributed by atoms with van der Waals surface area (Å²) in [6.07, 6.45) is 3.83. The van der Waals surface area contributed by atoms with Gasteiger partial charge in [0.05, 0.1) is 10.6 Å². The summed E-state index contributed by atoms with van der Waals surface area (Å²) in [4.78, 5) is 24.0. The van der Waals surface area contributed by atoms with Crippen LogP contribution >= 0.6 is 0 Å². The molecule has 8 heteroatoms. The molecule has 1 amide bonds. The molecule has 0 bridgehead atoms. The average molecular weight is 422 g/mol. The number of aromatic amines is 1. The highest BCUT2D eigenvalue weighted by Gasteiger charge is 2.11. The number of rotatable bonds is 11. The van der Waals surface area contributed by atoms with E-state index in [4.69, 9.17) is 4.74 Å². The lowest BCUT2D eigenvalue weighted by molar-refractivity contribution is -0.384. The highest BCUT2D eigenvalue weighted by Crippen LogP contribution is 2.18. The van der Waals surface area contributed by atoms with Crippen LogP contribution in [0.3, 0.4) is 0 Å². The maximum Gasteiger partial charge on any atom is 0.269 e. The molecule has 1 N–H and O–H groups in total. The van der Waals surface area contributed by atoms with Crippen molar-refractivity contribution in [2.75, 3.05) is 20.2 Å². The smallest absolute Gasteiger partial charge is 0.269 e. The Bertz CT molecular complexity index is 986. The van der Waals surface area contributed by atoms with Gasteiger partial charge in [0.15, 0.2) is 6.61 Å². The van der Waals surface area contributed by atoms with Gasteiger partial charge in [-0.25, -0.2) is 0 Å². The Kier molecular flexibility index (Phi) is 7.75. The highest BCUT2D eigenvalue weighted by atomic mass is 16.6. The second-order valence-corrected chi connectivity index (χ2v) is 7.31. The van der Waals surface area contributed by atoms with Gasteiger partial charge in [0.25, 0.3) is 11.6 Å². The van der Waals surface area contributed by atoms with Gasteiger partial charge >= 0.3 is 0 Å². The van der Waals surface area contributed by atoms with E-state index in [1.54, 1.807) is 11.9 Å². The van der Waals surface area contributed by atoms with Crippen LogP contribution in [-0.4, -0.2) is 46.1 Å². The Labute approximate surface area is 181 Å². The first kappa shape index (κ1) is 22.0. The number of nitrogens with one attached hydrogen (secondary N) is 1. The maximum atomic E-state index is 12.2. The number of likely N-dealkylation sites (N-methyl/N-ethyl adjacent to an activating group) is 1. The monoisotopic (exact) mass is 422 g/mol. The van der Waals surface area contributed by atoms with Crippen LogP contribution in [-0.2, 0) is 11.2 Å². The van der Waals surface area contributed by atoms with Crippen molar-refractivity contribution in [1.29, 1.82) is 0 Å². The van der Waals surface area contributed by atoms with Crippen LogP contribution < -0.4 is 4.74 Å². The molecule has 1 heterocycles. The number of nitro benzene ring substituents is 1. The Balaban J connectivity index is 1.32. The lowest BCUT2D eigenvalue weighted by Crippen LogP contribution is -2.32. The first-order valence-electron chi connectivity index (χ1n) is 10.2. The number of carbonyl (C=O) groups is 1. The molecule has 0 fully saturated rings. The average Bonchev–Trinajstić information content (AvgIpc) is 3.27. The summed E-state index contributed by atoms with van der Waals surface area (Å²) in [5.74, 6) is 0.307. The van der Waals surface area contributed by atoms with Gasteiger partial charge in [0, 0.05) is 37.0 Å². The quantitative estimate of drug-likeness (QED) is 0.283. The zero-order valence-electron chi connectivity index (χ0n) is 17.5. The fourth-order valence-corrected chi connectivity index (χ4v) is 3.13. The summed E-state index contributed by atoms with van der Waals surface area (Å²) in [6, 6.07) is 17.8. The largest absolute Gasteiger partial charge is 0.484 e. The number of aromatic nitrogens is 2. The number of nitro groups is 1. The van der Waals surface area contributed by atoms with E-state index in [2.05, 4.69) is 16.3 Å². The number of non-ortho nitro benzene ring substituents is 1. The number of aryl methyl sites for hydroxylation is 1. The predicted octanol–water partition coefficient (Wildman–Crippen LogP) is 4.24. The molecule has 0 aliphatic carbocycles. The molecule has 0 aliphatic heterocycles. The zero-order chi connectivity index (χ0) is 22.1. The van der Waals surface area contributed by atoms with Gasteiger partial charge < -0.3 is 9.64 Å². The molecule has 0 saturated heterocycles. The van der Waals surface area contributed by atoms with Crippen LogP contribution in [0.4, 0.5) is 5.69 Å². The van der Waals surface area contributed by atoms with E-state index >= 15 is 0 Å². The summed E-state index contributed by atoms with van der Waals surface area (Å²) in [5, 5.41) is 18.1. The van der Waals surface area contributed by atoms with Crippen LogP contribution in [0.5, 0.6) is 5.75 Å². The molecule has 3 aromatic rings. The van der Waals surface area contributed by atoms with Crippen molar-refractivity contribution in [3.63, 3.8) is 0 Å². The maximum absolute atomic E-state index is 12.2. The third-order valence-electron chi connectivity index (χ3n) is 4.98. The van der Waals surface area contributed by atoms with Crippen LogP contribution in [0, 0.1) is 10.1 Å². The number of hydrogen-bond acceptors (Lipinski definition) is 5. The van der Waals surface area contributed by atoms with Crippen LogP contribution in [0.25, 0.3) is 11.3 Å². The van der Waals surface area contributed by atoms with Crippen LogP contribution in [0.1, 0.15) is 25.0 Å². The van der Waals surface area contributed by atoms with Gasteiger partial charge in [0.1, 0.15) is 5.75 Å². The molecular formula is C23H26N4O4. The van der Waals surface area contributed by atoms with E-state index in [-0.39, 0.29) is 18.2 Å². The van der Waals surface area contributed by atoms with Crippen LogP contribution in [0.2, 0.25) is 0 Å². The molecule has 162 valence electrons. The Hall–Kier alpha value is -3.68. The standard InChI is InChI=1S/C23H26N4O4/c1-26(23(28)17-31-21-13-11-20(12-14-21)27(29)30)15-7-3-6-10-19-16-22(25-24-19)18-8-4-2-5-9-18/h2,4-5,8-9,11-14,16H,3,6-7,10,15,17H2,1H3,(H,24,25). The second kappa shape index (κ2) is 10.9. The van der Waals surface area contributed by atoms with Gasteiger partial charge in [0.2, 0.25) is 0 Å². The van der Waals surface area contributed by atoms with Crippen molar-refractivity contribution in [2.45, 2.75) is 25.7 Å². The van der Waals surface area contributed by atoms with Crippen molar-refractivity contribution >= 4 is 11.6 Å². The minimum atomic E-state index is -0.475. The number of hydrogen-bond donors (Lipinski definition) is 1. The SMILES string of the molecule is CN(CCCCCc1cc(-c2ccccc2)n[nH]1)C(=O)COc1ccc([N+](=O)[O-])cc1. The molecule has 31 heavy (non-hydrogen) atoms. The van der Waals surface area contributed by atoms with Crippen molar-refractivity contribution in [1.82, 2.24) is 15.1 Å². The molecule has 0 spiro atoms. The summed E-state index contributed by atoms with van der Waals surface area (Å²) in [7, 11) is 1.75. The number of amides is 1. The van der Waals surface area contributed by atoms with Gasteiger partial charge in [-0.2, -0.15) is 5.10 Å². The number of benzene rings is 2. The third kappa shape index (κ3) is 6.67. The fourth-order valence-electron chi connectivity index (χ4n) is 3.13. The number of H-pyrrole nitrogens is 1. The minimum absolute atomic E-state index is 0.0118. The van der Waals surface area contributed by atoms with E-state index in [1.807, 2.05) is 30.3 Å². The summed E-state index contributed by atoms with van der Waals surface area (Å²) < 4.78 is 5.42. The molecule has 0 atom stereocenters. The number of nitrogens with zero attached hydrogens (tertiary/aromatic N) is 3. The molecule has 0 radical (unpaired) electrons. The topological polar surface area (TPSA) is 101 Å². The second-order valence-electron chi connectivity index (χ2n) is 7.31. The summed E-state index contributed by atoms with van der Waals surface area (Å²) in [6.45, 7) is 0.561. The van der Waals surface area contributed by atoms with Crippen molar-refractivity contribution in [3.8, 4) is 17.0 Å². The Morgan fingerprint density at radius 3 is 2.55 bits per heavy atom. The van der Waals surface area contributed by atoms with Gasteiger partial charge in [-0.15, -0.1) is 0 Å². The van der Waals surface area contributed by atoms with Crippen molar-refractivity contribution in [3.05, 3.63) is 76.5 Å². The Morgan fingerprint density at radius 2 is 1.84 bits per heavy atom. The third-order valence-corrected chi connectivity index (χ3v) is 4.98. The highest BCUT2D eigenvalue weighted by molar-refractivity contribution is 5.77. The summed E-state index contributed by atoms with van der Waals surface area (Å²) in [5.41, 5.74) is 3.15.